The van der Waals surface area contributed by atoms with E-state index in [1.807, 2.05) is 6.92 Å². The van der Waals surface area contributed by atoms with E-state index in [4.69, 9.17) is 0 Å². The van der Waals surface area contributed by atoms with Gasteiger partial charge in [-0.1, -0.05) is 13.8 Å². The van der Waals surface area contributed by atoms with Crippen LogP contribution >= 0.6 is 0 Å². The summed E-state index contributed by atoms with van der Waals surface area (Å²) in [6.45, 7) is 3.45. The van der Waals surface area contributed by atoms with Gasteiger partial charge in [-0.25, -0.2) is 13.2 Å². The Labute approximate surface area is 89.2 Å². The fourth-order valence-corrected chi connectivity index (χ4v) is 3.25. The van der Waals surface area contributed by atoms with Crippen LogP contribution in [0.15, 0.2) is 0 Å². The highest BCUT2D eigenvalue weighted by Crippen LogP contribution is 2.47. The monoisotopic (exact) mass is 220 g/mol. The maximum atomic E-state index is 13.9. The van der Waals surface area contributed by atoms with Gasteiger partial charge in [-0.3, -0.25) is 0 Å². The van der Waals surface area contributed by atoms with Crippen molar-refractivity contribution in [2.75, 3.05) is 0 Å². The van der Waals surface area contributed by atoms with Crippen molar-refractivity contribution in [3.63, 3.8) is 0 Å². The van der Waals surface area contributed by atoms with Gasteiger partial charge in [0.25, 0.3) is 0 Å². The normalized spacial score (nSPS) is 56.2. The lowest BCUT2D eigenvalue weighted by Gasteiger charge is -2.46. The molecule has 2 rings (SSSR count). The van der Waals surface area contributed by atoms with E-state index in [0.29, 0.717) is 0 Å². The molecule has 88 valence electrons. The Kier molecular flexibility index (Phi) is 3.00. The summed E-state index contributed by atoms with van der Waals surface area (Å²) < 4.78 is 41.2. The fraction of sp³-hybridized carbons (Fsp3) is 1.00. The number of halogens is 3. The minimum Gasteiger partial charge on any atom is -0.247 e. The van der Waals surface area contributed by atoms with Crippen molar-refractivity contribution in [2.45, 2.75) is 51.6 Å². The molecule has 0 aromatic heterocycles. The first-order chi connectivity index (χ1) is 7.02. The Balaban J connectivity index is 2.15. The second-order valence-electron chi connectivity index (χ2n) is 5.38. The predicted molar refractivity (Wildman–Crippen MR) is 53.8 cm³/mol. The van der Waals surface area contributed by atoms with Crippen molar-refractivity contribution < 1.29 is 13.2 Å². The first kappa shape index (κ1) is 11.3. The molecule has 7 unspecified atom stereocenters. The summed E-state index contributed by atoms with van der Waals surface area (Å²) in [5, 5.41) is 0. The van der Waals surface area contributed by atoms with Gasteiger partial charge in [-0.05, 0) is 37.0 Å². The Bertz CT molecular complexity index is 231. The van der Waals surface area contributed by atoms with Gasteiger partial charge in [0.15, 0.2) is 0 Å². The smallest absolute Gasteiger partial charge is 0.109 e. The van der Waals surface area contributed by atoms with Crippen LogP contribution in [0.4, 0.5) is 13.2 Å². The molecule has 3 heteroatoms. The zero-order valence-electron chi connectivity index (χ0n) is 9.30. The van der Waals surface area contributed by atoms with Crippen molar-refractivity contribution >= 4 is 0 Å². The van der Waals surface area contributed by atoms with Gasteiger partial charge in [0.1, 0.15) is 18.5 Å². The first-order valence-electron chi connectivity index (χ1n) is 5.94. The zero-order valence-corrected chi connectivity index (χ0v) is 9.30. The van der Waals surface area contributed by atoms with Gasteiger partial charge < -0.3 is 0 Å². The predicted octanol–water partition coefficient (Wildman–Crippen LogP) is 3.70. The molecule has 0 aliphatic heterocycles. The molecule has 0 radical (unpaired) electrons. The van der Waals surface area contributed by atoms with Crippen LogP contribution in [0.5, 0.6) is 0 Å². The van der Waals surface area contributed by atoms with Crippen molar-refractivity contribution in [1.82, 2.24) is 0 Å². The number of alkyl halides is 3. The summed E-state index contributed by atoms with van der Waals surface area (Å²) in [5.41, 5.74) is 0. The largest absolute Gasteiger partial charge is 0.247 e. The van der Waals surface area contributed by atoms with Crippen molar-refractivity contribution in [3.05, 3.63) is 0 Å². The summed E-state index contributed by atoms with van der Waals surface area (Å²) in [7, 11) is 0. The molecule has 2 saturated carbocycles. The average Bonchev–Trinajstić information content (AvgIpc) is 2.21. The lowest BCUT2D eigenvalue weighted by molar-refractivity contribution is -0.0660. The van der Waals surface area contributed by atoms with Crippen LogP contribution in [0.3, 0.4) is 0 Å². The van der Waals surface area contributed by atoms with Crippen molar-refractivity contribution in [1.29, 1.82) is 0 Å². The molecule has 0 saturated heterocycles. The third kappa shape index (κ3) is 1.78. The van der Waals surface area contributed by atoms with E-state index in [-0.39, 0.29) is 24.2 Å². The Hall–Kier alpha value is -0.210. The SMILES string of the molecule is CC1CCC2C(F)C(C)C(F)CC2C1F. The van der Waals surface area contributed by atoms with Crippen LogP contribution in [-0.2, 0) is 0 Å². The second-order valence-corrected chi connectivity index (χ2v) is 5.38. The van der Waals surface area contributed by atoms with E-state index >= 15 is 0 Å². The van der Waals surface area contributed by atoms with Crippen LogP contribution in [-0.4, -0.2) is 18.5 Å². The Morgan fingerprint density at radius 2 is 1.53 bits per heavy atom. The quantitative estimate of drug-likeness (QED) is 0.584. The number of fused-ring (bicyclic) bond motifs is 1. The van der Waals surface area contributed by atoms with E-state index in [1.165, 1.54) is 0 Å². The molecule has 0 nitrogen and oxygen atoms in total. The van der Waals surface area contributed by atoms with Gasteiger partial charge in [-0.15, -0.1) is 0 Å². The van der Waals surface area contributed by atoms with E-state index in [1.54, 1.807) is 6.92 Å². The van der Waals surface area contributed by atoms with E-state index < -0.39 is 24.4 Å². The summed E-state index contributed by atoms with van der Waals surface area (Å²) >= 11 is 0. The molecule has 0 amide bonds. The molecule has 15 heavy (non-hydrogen) atoms. The van der Waals surface area contributed by atoms with Gasteiger partial charge in [0, 0.05) is 5.92 Å². The molecule has 2 aliphatic carbocycles. The highest BCUT2D eigenvalue weighted by Gasteiger charge is 2.49. The lowest BCUT2D eigenvalue weighted by atomic mass is 9.63. The van der Waals surface area contributed by atoms with Gasteiger partial charge in [-0.2, -0.15) is 0 Å². The van der Waals surface area contributed by atoms with Crippen LogP contribution in [0.2, 0.25) is 0 Å². The van der Waals surface area contributed by atoms with Gasteiger partial charge in [0.2, 0.25) is 0 Å². The van der Waals surface area contributed by atoms with Gasteiger partial charge >= 0.3 is 0 Å². The molecule has 0 spiro atoms. The number of hydrogen-bond acceptors (Lipinski definition) is 0. The van der Waals surface area contributed by atoms with E-state index in [2.05, 4.69) is 0 Å². The molecule has 0 heterocycles. The molecule has 2 fully saturated rings. The number of hydrogen-bond donors (Lipinski definition) is 0. The molecule has 0 aromatic rings. The van der Waals surface area contributed by atoms with Crippen LogP contribution in [0, 0.1) is 23.7 Å². The highest BCUT2D eigenvalue weighted by atomic mass is 19.1. The summed E-state index contributed by atoms with van der Waals surface area (Å²) in [4.78, 5) is 0. The van der Waals surface area contributed by atoms with E-state index in [0.717, 1.165) is 12.8 Å². The maximum Gasteiger partial charge on any atom is 0.109 e. The van der Waals surface area contributed by atoms with Crippen molar-refractivity contribution in [2.24, 2.45) is 23.7 Å². The molecule has 2 aliphatic rings. The third-order valence-electron chi connectivity index (χ3n) is 4.44. The summed E-state index contributed by atoms with van der Waals surface area (Å²) in [5.74, 6) is -1.20. The highest BCUT2D eigenvalue weighted by molar-refractivity contribution is 4.97. The zero-order chi connectivity index (χ0) is 11.2. The van der Waals surface area contributed by atoms with Gasteiger partial charge in [0.05, 0.1) is 0 Å². The molecule has 7 atom stereocenters. The summed E-state index contributed by atoms with van der Waals surface area (Å²) in [6, 6.07) is 0. The third-order valence-corrected chi connectivity index (χ3v) is 4.44. The first-order valence-corrected chi connectivity index (χ1v) is 5.94. The topological polar surface area (TPSA) is 0 Å². The summed E-state index contributed by atoms with van der Waals surface area (Å²) in [6.07, 6.45) is -1.63. The van der Waals surface area contributed by atoms with Crippen LogP contribution < -0.4 is 0 Å². The minimum atomic E-state index is -1.16. The maximum absolute atomic E-state index is 13.9. The number of rotatable bonds is 0. The molecule has 0 aromatic carbocycles. The molecular formula is C12H19F3. The fourth-order valence-electron chi connectivity index (χ4n) is 3.25. The Morgan fingerprint density at radius 3 is 2.20 bits per heavy atom. The second kappa shape index (κ2) is 3.99. The van der Waals surface area contributed by atoms with Crippen molar-refractivity contribution in [3.8, 4) is 0 Å². The van der Waals surface area contributed by atoms with Crippen LogP contribution in [0.25, 0.3) is 0 Å². The molecule has 0 N–H and O–H groups in total. The van der Waals surface area contributed by atoms with E-state index in [9.17, 15) is 13.2 Å². The molecule has 0 bridgehead atoms. The van der Waals surface area contributed by atoms with Crippen LogP contribution in [0.1, 0.15) is 33.1 Å². The average molecular weight is 220 g/mol. The Morgan fingerprint density at radius 1 is 0.867 bits per heavy atom. The lowest BCUT2D eigenvalue weighted by Crippen LogP contribution is -2.48. The molecular weight excluding hydrogens is 201 g/mol. The minimum absolute atomic E-state index is 0.0287. The standard InChI is InChI=1S/C12H19F3/c1-6-3-4-8-9(11(6)14)5-10(13)7(2)12(8)15/h6-12H,3-5H2,1-2H3.